The van der Waals surface area contributed by atoms with Crippen LogP contribution in [0.3, 0.4) is 0 Å². The second kappa shape index (κ2) is 20.6. The van der Waals surface area contributed by atoms with Crippen molar-refractivity contribution in [2.45, 2.75) is 0 Å². The highest BCUT2D eigenvalue weighted by Crippen LogP contribution is 2.49. The first kappa shape index (κ1) is 50.1. The molecule has 6 heteroatoms. The molecular formula is C80H50BN5. The summed E-state index contributed by atoms with van der Waals surface area (Å²) in [6.45, 7) is 7.61. The van der Waals surface area contributed by atoms with Gasteiger partial charge in [0.25, 0.3) is 6.71 Å². The molecule has 0 spiro atoms. The van der Waals surface area contributed by atoms with Gasteiger partial charge in [-0.2, -0.15) is 5.26 Å². The van der Waals surface area contributed by atoms with E-state index in [4.69, 9.17) is 6.57 Å². The second-order valence-corrected chi connectivity index (χ2v) is 22.2. The molecule has 16 rings (SSSR count). The average molecular weight is 1090 g/mol. The summed E-state index contributed by atoms with van der Waals surface area (Å²) in [5.41, 5.74) is 27.3. The van der Waals surface area contributed by atoms with Crippen molar-refractivity contribution in [2.24, 2.45) is 0 Å². The Balaban J connectivity index is 0.983. The lowest BCUT2D eigenvalue weighted by molar-refractivity contribution is 1.18. The number of para-hydroxylation sites is 4. The van der Waals surface area contributed by atoms with Gasteiger partial charge in [-0.1, -0.05) is 212 Å². The van der Waals surface area contributed by atoms with Crippen LogP contribution in [0.2, 0.25) is 0 Å². The van der Waals surface area contributed by atoms with Crippen LogP contribution < -0.4 is 26.2 Å². The third-order valence-electron chi connectivity index (χ3n) is 17.4. The SMILES string of the molecule is [C-]#[N+]c1ccc(-c2ccccc2-n2c3ccccc3c3cc(-c4cc5c6c(c4)N(c4cc(-c7ccccc7)cc(-c7ccccc7)c4)c4ccccc4B6c4ccccc4N5c4cc(-c5ccccc5)cc(-c5ccccc5)c4)ccc32)c(C#N)c1. The van der Waals surface area contributed by atoms with Crippen LogP contribution in [0, 0.1) is 17.9 Å². The van der Waals surface area contributed by atoms with Crippen molar-refractivity contribution >= 4 is 84.7 Å². The Morgan fingerprint density at radius 1 is 0.326 bits per heavy atom. The number of aromatic nitrogens is 1. The first-order valence-corrected chi connectivity index (χ1v) is 29.1. The van der Waals surface area contributed by atoms with Crippen LogP contribution >= 0.6 is 0 Å². The van der Waals surface area contributed by atoms with Crippen molar-refractivity contribution in [1.82, 2.24) is 4.57 Å². The standard InChI is InChI=1S/C80H50BN5/c1-83-64-39-40-67(63(44-64)52-82)68-30-14-18-34-73(68)86-74-35-19-15-31-69(74)70-49-57(38-41-75(70)86)62-50-78-80-79(51-62)85(66-47-60(55-26-10-4-11-27-55)43-61(48-66)56-28-12-5-13-29-56)77-37-21-17-33-72(77)81(80)71-32-16-20-36-76(71)84(78)65-45-58(53-22-6-2-7-23-53)42-59(46-65)54-24-8-3-9-25-54/h2-51H. The average Bonchev–Trinajstić information content (AvgIpc) is 0.824. The molecule has 0 radical (unpaired) electrons. The maximum Gasteiger partial charge on any atom is 0.252 e. The van der Waals surface area contributed by atoms with Crippen molar-refractivity contribution in [3.63, 3.8) is 0 Å². The fourth-order valence-corrected chi connectivity index (χ4v) is 13.5. The molecule has 0 N–H and O–H groups in total. The molecule has 0 bridgehead atoms. The van der Waals surface area contributed by atoms with Crippen molar-refractivity contribution < 1.29 is 0 Å². The summed E-state index contributed by atoms with van der Waals surface area (Å²) in [7, 11) is 0. The molecule has 0 saturated carbocycles. The number of benzene rings is 13. The first-order chi connectivity index (χ1) is 42.6. The lowest BCUT2D eigenvalue weighted by Gasteiger charge is -2.44. The highest BCUT2D eigenvalue weighted by atomic mass is 15.2. The highest BCUT2D eigenvalue weighted by Gasteiger charge is 2.44. The molecule has 2 aliphatic rings. The monoisotopic (exact) mass is 1090 g/mol. The van der Waals surface area contributed by atoms with Gasteiger partial charge in [-0.15, -0.1) is 0 Å². The largest absolute Gasteiger partial charge is 0.311 e. The van der Waals surface area contributed by atoms with Crippen LogP contribution in [0.25, 0.3) is 99.1 Å². The Kier molecular flexibility index (Phi) is 12.0. The van der Waals surface area contributed by atoms with E-state index in [-0.39, 0.29) is 6.71 Å². The van der Waals surface area contributed by atoms with Crippen molar-refractivity contribution in [1.29, 1.82) is 5.26 Å². The van der Waals surface area contributed by atoms with Gasteiger partial charge in [-0.3, -0.25) is 0 Å². The molecular weight excluding hydrogens is 1040 g/mol. The Morgan fingerprint density at radius 2 is 0.767 bits per heavy atom. The van der Waals surface area contributed by atoms with Gasteiger partial charge in [0.05, 0.1) is 29.4 Å². The summed E-state index contributed by atoms with van der Waals surface area (Å²) in [5, 5.41) is 12.7. The predicted molar refractivity (Wildman–Crippen MR) is 358 cm³/mol. The molecule has 398 valence electrons. The number of fused-ring (bicyclic) bond motifs is 7. The smallest absolute Gasteiger partial charge is 0.252 e. The van der Waals surface area contributed by atoms with E-state index in [9.17, 15) is 5.26 Å². The molecule has 5 nitrogen and oxygen atoms in total. The van der Waals surface area contributed by atoms with Gasteiger partial charge in [-0.25, -0.2) is 4.85 Å². The summed E-state index contributed by atoms with van der Waals surface area (Å²) < 4.78 is 2.33. The second-order valence-electron chi connectivity index (χ2n) is 22.2. The molecule has 86 heavy (non-hydrogen) atoms. The molecule has 14 aromatic rings. The van der Waals surface area contributed by atoms with Gasteiger partial charge in [-0.05, 0) is 169 Å². The number of anilines is 6. The third kappa shape index (κ3) is 8.31. The minimum Gasteiger partial charge on any atom is -0.311 e. The molecule has 0 amide bonds. The predicted octanol–water partition coefficient (Wildman–Crippen LogP) is 19.3. The van der Waals surface area contributed by atoms with E-state index in [0.717, 1.165) is 128 Å². The molecule has 0 saturated heterocycles. The molecule has 0 atom stereocenters. The summed E-state index contributed by atoms with van der Waals surface area (Å²) in [5.74, 6) is 0. The van der Waals surface area contributed by atoms with E-state index in [0.29, 0.717) is 11.3 Å². The van der Waals surface area contributed by atoms with Gasteiger partial charge in [0.15, 0.2) is 5.69 Å². The minimum absolute atomic E-state index is 0.0922. The van der Waals surface area contributed by atoms with Gasteiger partial charge in [0.2, 0.25) is 0 Å². The third-order valence-corrected chi connectivity index (χ3v) is 17.4. The fraction of sp³-hybridized carbons (Fsp3) is 0. The number of hydrogen-bond donors (Lipinski definition) is 0. The van der Waals surface area contributed by atoms with E-state index in [1.54, 1.807) is 12.1 Å². The van der Waals surface area contributed by atoms with Crippen molar-refractivity contribution in [3.8, 4) is 78.5 Å². The van der Waals surface area contributed by atoms with Crippen LogP contribution in [0.5, 0.6) is 0 Å². The lowest BCUT2D eigenvalue weighted by atomic mass is 9.33. The molecule has 0 aliphatic carbocycles. The highest BCUT2D eigenvalue weighted by molar-refractivity contribution is 7.00. The Hall–Kier alpha value is -11.7. The van der Waals surface area contributed by atoms with E-state index in [2.05, 4.69) is 304 Å². The summed E-state index contributed by atoms with van der Waals surface area (Å²) in [6.07, 6.45) is 0. The van der Waals surface area contributed by atoms with Crippen molar-refractivity contribution in [3.05, 3.63) is 320 Å². The van der Waals surface area contributed by atoms with E-state index < -0.39 is 0 Å². The zero-order chi connectivity index (χ0) is 57.2. The zero-order valence-electron chi connectivity index (χ0n) is 46.7. The topological polar surface area (TPSA) is 39.6 Å². The van der Waals surface area contributed by atoms with E-state index >= 15 is 0 Å². The molecule has 0 fully saturated rings. The molecule has 0 unspecified atom stereocenters. The van der Waals surface area contributed by atoms with Crippen LogP contribution in [0.4, 0.5) is 39.8 Å². The molecule has 2 aliphatic heterocycles. The minimum atomic E-state index is -0.0922. The summed E-state index contributed by atoms with van der Waals surface area (Å²) >= 11 is 0. The quantitative estimate of drug-likeness (QED) is 0.107. The Morgan fingerprint density at radius 3 is 1.28 bits per heavy atom. The number of nitriles is 1. The Bertz CT molecular complexity index is 4780. The molecule has 1 aromatic heterocycles. The number of hydrogen-bond acceptors (Lipinski definition) is 3. The van der Waals surface area contributed by atoms with Gasteiger partial charge >= 0.3 is 0 Å². The fourth-order valence-electron chi connectivity index (χ4n) is 13.5. The maximum atomic E-state index is 10.5. The maximum absolute atomic E-state index is 10.5. The van der Waals surface area contributed by atoms with Crippen LogP contribution in [-0.4, -0.2) is 11.3 Å². The van der Waals surface area contributed by atoms with Crippen LogP contribution in [-0.2, 0) is 0 Å². The summed E-state index contributed by atoms with van der Waals surface area (Å²) in [4.78, 5) is 8.73. The van der Waals surface area contributed by atoms with E-state index in [1.165, 1.54) is 16.4 Å². The summed E-state index contributed by atoms with van der Waals surface area (Å²) in [6, 6.07) is 112. The lowest BCUT2D eigenvalue weighted by Crippen LogP contribution is -2.61. The van der Waals surface area contributed by atoms with E-state index in [1.807, 2.05) is 12.1 Å². The number of nitrogens with zero attached hydrogens (tertiary/aromatic N) is 5. The number of rotatable bonds is 9. The molecule has 3 heterocycles. The van der Waals surface area contributed by atoms with Crippen LogP contribution in [0.15, 0.2) is 303 Å². The van der Waals surface area contributed by atoms with Gasteiger partial charge in [0.1, 0.15) is 0 Å². The molecule has 13 aromatic carbocycles. The Labute approximate surface area is 500 Å². The normalized spacial score (nSPS) is 12.1. The van der Waals surface area contributed by atoms with Crippen molar-refractivity contribution in [2.75, 3.05) is 9.80 Å². The van der Waals surface area contributed by atoms with Gasteiger partial charge in [0, 0.05) is 56.0 Å². The zero-order valence-corrected chi connectivity index (χ0v) is 46.7. The van der Waals surface area contributed by atoms with Crippen LogP contribution in [0.1, 0.15) is 5.56 Å². The first-order valence-electron chi connectivity index (χ1n) is 29.1. The van der Waals surface area contributed by atoms with Gasteiger partial charge < -0.3 is 14.4 Å².